The molecule has 1 aromatic carbocycles. The third-order valence-corrected chi connectivity index (χ3v) is 3.06. The average molecular weight is 260 g/mol. The van der Waals surface area contributed by atoms with Gasteiger partial charge in [-0.25, -0.2) is 0 Å². The Bertz CT molecular complexity index is 524. The Labute approximate surface area is 111 Å². The lowest BCUT2D eigenvalue weighted by molar-refractivity contribution is 0.00351. The van der Waals surface area contributed by atoms with Gasteiger partial charge in [-0.2, -0.15) is 5.26 Å². The SMILES string of the molecule is Cc1ccc(NN)c(C(=O)N2CCOC(C#N)C2)c1. The van der Waals surface area contributed by atoms with Crippen LogP contribution in [-0.4, -0.2) is 36.6 Å². The second kappa shape index (κ2) is 5.69. The lowest BCUT2D eigenvalue weighted by Crippen LogP contribution is -2.45. The Kier molecular flexibility index (Phi) is 4.00. The smallest absolute Gasteiger partial charge is 0.256 e. The van der Waals surface area contributed by atoms with Crippen LogP contribution in [0.5, 0.6) is 0 Å². The van der Waals surface area contributed by atoms with E-state index in [2.05, 4.69) is 5.43 Å². The van der Waals surface area contributed by atoms with Crippen LogP contribution in [0.2, 0.25) is 0 Å². The molecule has 1 aliphatic rings. The Morgan fingerprint density at radius 2 is 2.42 bits per heavy atom. The van der Waals surface area contributed by atoms with Gasteiger partial charge >= 0.3 is 0 Å². The summed E-state index contributed by atoms with van der Waals surface area (Å²) in [4.78, 5) is 14.1. The Morgan fingerprint density at radius 1 is 1.63 bits per heavy atom. The third-order valence-electron chi connectivity index (χ3n) is 3.06. The molecule has 1 atom stereocenters. The number of carbonyl (C=O) groups excluding carboxylic acids is 1. The summed E-state index contributed by atoms with van der Waals surface area (Å²) in [7, 11) is 0. The van der Waals surface area contributed by atoms with Crippen LogP contribution >= 0.6 is 0 Å². The van der Waals surface area contributed by atoms with Gasteiger partial charge in [0.15, 0.2) is 6.10 Å². The summed E-state index contributed by atoms with van der Waals surface area (Å²) in [6.07, 6.45) is -0.559. The molecule has 100 valence electrons. The first-order valence-corrected chi connectivity index (χ1v) is 6.03. The van der Waals surface area contributed by atoms with Gasteiger partial charge in [0.05, 0.1) is 30.5 Å². The molecule has 1 amide bonds. The summed E-state index contributed by atoms with van der Waals surface area (Å²) in [6, 6.07) is 7.46. The molecule has 0 spiro atoms. The van der Waals surface area contributed by atoms with Gasteiger partial charge in [0.2, 0.25) is 0 Å². The van der Waals surface area contributed by atoms with E-state index in [0.29, 0.717) is 24.4 Å². The highest BCUT2D eigenvalue weighted by Gasteiger charge is 2.26. The van der Waals surface area contributed by atoms with Crippen molar-refractivity contribution in [2.45, 2.75) is 13.0 Å². The number of amides is 1. The number of aryl methyl sites for hydroxylation is 1. The quantitative estimate of drug-likeness (QED) is 0.601. The van der Waals surface area contributed by atoms with Crippen LogP contribution in [-0.2, 0) is 4.74 Å². The summed E-state index contributed by atoms with van der Waals surface area (Å²) < 4.78 is 5.23. The van der Waals surface area contributed by atoms with E-state index in [-0.39, 0.29) is 12.5 Å². The molecule has 1 aromatic rings. The first-order valence-electron chi connectivity index (χ1n) is 6.03. The predicted molar refractivity (Wildman–Crippen MR) is 70.2 cm³/mol. The van der Waals surface area contributed by atoms with E-state index in [4.69, 9.17) is 15.8 Å². The minimum Gasteiger partial charge on any atom is -0.360 e. The van der Waals surface area contributed by atoms with Crippen molar-refractivity contribution in [1.29, 1.82) is 5.26 Å². The molecule has 0 saturated carbocycles. The van der Waals surface area contributed by atoms with Crippen molar-refractivity contribution in [3.05, 3.63) is 29.3 Å². The van der Waals surface area contributed by atoms with Crippen molar-refractivity contribution in [3.8, 4) is 6.07 Å². The first-order chi connectivity index (χ1) is 9.15. The molecule has 6 heteroatoms. The summed E-state index contributed by atoms with van der Waals surface area (Å²) in [5, 5.41) is 8.86. The molecule has 1 heterocycles. The maximum Gasteiger partial charge on any atom is 0.256 e. The highest BCUT2D eigenvalue weighted by atomic mass is 16.5. The number of nitrogens with one attached hydrogen (secondary N) is 1. The number of nitrogens with zero attached hydrogens (tertiary/aromatic N) is 2. The van der Waals surface area contributed by atoms with Gasteiger partial charge < -0.3 is 15.1 Å². The number of rotatable bonds is 2. The lowest BCUT2D eigenvalue weighted by atomic mass is 10.1. The molecule has 2 rings (SSSR count). The first kappa shape index (κ1) is 13.3. The zero-order valence-electron chi connectivity index (χ0n) is 10.7. The molecule has 0 radical (unpaired) electrons. The number of hydrogen-bond acceptors (Lipinski definition) is 5. The lowest BCUT2D eigenvalue weighted by Gasteiger charge is -2.30. The van der Waals surface area contributed by atoms with E-state index in [0.717, 1.165) is 5.56 Å². The fraction of sp³-hybridized carbons (Fsp3) is 0.385. The Hall–Kier alpha value is -2.10. The molecular weight excluding hydrogens is 244 g/mol. The summed E-state index contributed by atoms with van der Waals surface area (Å²) in [5.41, 5.74) is 4.60. The fourth-order valence-corrected chi connectivity index (χ4v) is 2.04. The number of anilines is 1. The fourth-order valence-electron chi connectivity index (χ4n) is 2.04. The number of benzene rings is 1. The van der Waals surface area contributed by atoms with Crippen LogP contribution in [0, 0.1) is 18.3 Å². The largest absolute Gasteiger partial charge is 0.360 e. The van der Waals surface area contributed by atoms with Gasteiger partial charge in [-0.3, -0.25) is 10.6 Å². The third kappa shape index (κ3) is 2.84. The minimum atomic E-state index is -0.559. The van der Waals surface area contributed by atoms with Crippen molar-refractivity contribution < 1.29 is 9.53 Å². The van der Waals surface area contributed by atoms with Crippen LogP contribution < -0.4 is 11.3 Å². The van der Waals surface area contributed by atoms with E-state index in [1.165, 1.54) is 0 Å². The van der Waals surface area contributed by atoms with Crippen molar-refractivity contribution >= 4 is 11.6 Å². The van der Waals surface area contributed by atoms with Crippen molar-refractivity contribution in [3.63, 3.8) is 0 Å². The van der Waals surface area contributed by atoms with Gasteiger partial charge in [0.25, 0.3) is 5.91 Å². The van der Waals surface area contributed by atoms with Gasteiger partial charge in [-0.1, -0.05) is 11.6 Å². The second-order valence-electron chi connectivity index (χ2n) is 4.43. The second-order valence-corrected chi connectivity index (χ2v) is 4.43. The van der Waals surface area contributed by atoms with Crippen molar-refractivity contribution in [2.24, 2.45) is 5.84 Å². The van der Waals surface area contributed by atoms with Gasteiger partial charge in [0, 0.05) is 6.54 Å². The number of nitriles is 1. The number of ether oxygens (including phenoxy) is 1. The van der Waals surface area contributed by atoms with Crippen molar-refractivity contribution in [1.82, 2.24) is 4.90 Å². The maximum atomic E-state index is 12.5. The predicted octanol–water partition coefficient (Wildman–Crippen LogP) is 0.645. The van der Waals surface area contributed by atoms with Gasteiger partial charge in [0.1, 0.15) is 0 Å². The molecule has 0 bridgehead atoms. The standard InChI is InChI=1S/C13H16N4O2/c1-9-2-3-12(16-15)11(6-9)13(18)17-4-5-19-10(7-14)8-17/h2-3,6,10,16H,4-5,8,15H2,1H3. The summed E-state index contributed by atoms with van der Waals surface area (Å²) in [5.74, 6) is 5.29. The van der Waals surface area contributed by atoms with E-state index in [1.54, 1.807) is 17.0 Å². The molecule has 1 fully saturated rings. The number of hydrogen-bond donors (Lipinski definition) is 2. The molecule has 1 saturated heterocycles. The van der Waals surface area contributed by atoms with E-state index < -0.39 is 6.10 Å². The molecule has 1 unspecified atom stereocenters. The van der Waals surface area contributed by atoms with Gasteiger partial charge in [-0.05, 0) is 19.1 Å². The molecule has 0 aliphatic carbocycles. The average Bonchev–Trinajstić information content (AvgIpc) is 2.46. The number of carbonyl (C=O) groups is 1. The summed E-state index contributed by atoms with van der Waals surface area (Å²) in [6.45, 7) is 3.05. The maximum absolute atomic E-state index is 12.5. The Morgan fingerprint density at radius 3 is 3.11 bits per heavy atom. The topological polar surface area (TPSA) is 91.4 Å². The molecule has 6 nitrogen and oxygen atoms in total. The molecule has 0 aromatic heterocycles. The van der Waals surface area contributed by atoms with Gasteiger partial charge in [-0.15, -0.1) is 0 Å². The number of nitrogen functional groups attached to an aromatic ring is 1. The zero-order valence-corrected chi connectivity index (χ0v) is 10.7. The Balaban J connectivity index is 2.24. The molecule has 19 heavy (non-hydrogen) atoms. The number of nitrogens with two attached hydrogens (primary N) is 1. The van der Waals surface area contributed by atoms with Crippen LogP contribution in [0.25, 0.3) is 0 Å². The molecule has 3 N–H and O–H groups in total. The van der Waals surface area contributed by atoms with E-state index in [9.17, 15) is 4.79 Å². The van der Waals surface area contributed by atoms with E-state index >= 15 is 0 Å². The minimum absolute atomic E-state index is 0.139. The van der Waals surface area contributed by atoms with Crippen LogP contribution in [0.1, 0.15) is 15.9 Å². The number of morpholine rings is 1. The highest BCUT2D eigenvalue weighted by molar-refractivity contribution is 5.99. The van der Waals surface area contributed by atoms with E-state index in [1.807, 2.05) is 19.1 Å². The summed E-state index contributed by atoms with van der Waals surface area (Å²) >= 11 is 0. The monoisotopic (exact) mass is 260 g/mol. The number of hydrazine groups is 1. The highest BCUT2D eigenvalue weighted by Crippen LogP contribution is 2.19. The molecular formula is C13H16N4O2. The van der Waals surface area contributed by atoms with Crippen LogP contribution in [0.3, 0.4) is 0 Å². The normalized spacial score (nSPS) is 18.8. The molecule has 1 aliphatic heterocycles. The van der Waals surface area contributed by atoms with Crippen molar-refractivity contribution in [2.75, 3.05) is 25.1 Å². The van der Waals surface area contributed by atoms with Crippen LogP contribution in [0.15, 0.2) is 18.2 Å². The van der Waals surface area contributed by atoms with Crippen LogP contribution in [0.4, 0.5) is 5.69 Å². The zero-order chi connectivity index (χ0) is 13.8.